The van der Waals surface area contributed by atoms with E-state index >= 15 is 0 Å². The molecule has 1 aliphatic carbocycles. The first-order valence-electron chi connectivity index (χ1n) is 10.3. The van der Waals surface area contributed by atoms with Gasteiger partial charge >= 0.3 is 6.09 Å². The molecular formula is C25H33NO3. The Kier molecular flexibility index (Phi) is 5.52. The highest BCUT2D eigenvalue weighted by Crippen LogP contribution is 2.45. The van der Waals surface area contributed by atoms with Crippen molar-refractivity contribution in [3.63, 3.8) is 0 Å². The molecule has 2 aromatic rings. The highest BCUT2D eigenvalue weighted by Gasteiger charge is 2.49. The lowest BCUT2D eigenvalue weighted by Crippen LogP contribution is -2.59. The number of alkyl carbamates (subject to hydrolysis) is 1. The number of benzene rings is 2. The lowest BCUT2D eigenvalue weighted by molar-refractivity contribution is -0.132. The summed E-state index contributed by atoms with van der Waals surface area (Å²) in [6.07, 6.45) is -0.501. The summed E-state index contributed by atoms with van der Waals surface area (Å²) < 4.78 is 5.60. The van der Waals surface area contributed by atoms with E-state index in [0.29, 0.717) is 0 Å². The smallest absolute Gasteiger partial charge is 0.407 e. The van der Waals surface area contributed by atoms with E-state index in [4.69, 9.17) is 4.74 Å². The summed E-state index contributed by atoms with van der Waals surface area (Å²) in [4.78, 5) is 12.5. The molecule has 0 atom stereocenters. The molecule has 3 rings (SSSR count). The molecule has 0 radical (unpaired) electrons. The Morgan fingerprint density at radius 1 is 0.897 bits per heavy atom. The van der Waals surface area contributed by atoms with Crippen molar-refractivity contribution in [3.8, 4) is 11.1 Å². The molecule has 29 heavy (non-hydrogen) atoms. The monoisotopic (exact) mass is 395 g/mol. The van der Waals surface area contributed by atoms with Crippen molar-refractivity contribution in [1.82, 2.24) is 5.32 Å². The Hall–Kier alpha value is -2.33. The van der Waals surface area contributed by atoms with Crippen molar-refractivity contribution in [2.45, 2.75) is 53.1 Å². The molecule has 2 N–H and O–H groups in total. The number of rotatable bonds is 4. The quantitative estimate of drug-likeness (QED) is 0.734. The average molecular weight is 396 g/mol. The van der Waals surface area contributed by atoms with Gasteiger partial charge in [0, 0.05) is 5.92 Å². The molecule has 0 saturated carbocycles. The fraction of sp³-hybridized carbons (Fsp3) is 0.480. The molecule has 4 nitrogen and oxygen atoms in total. The van der Waals surface area contributed by atoms with Gasteiger partial charge in [-0.15, -0.1) is 0 Å². The highest BCUT2D eigenvalue weighted by molar-refractivity contribution is 5.79. The number of aliphatic hydroxyl groups is 1. The average Bonchev–Trinajstić information content (AvgIpc) is 2.96. The number of carbonyl (C=O) groups excluding carboxylic acids is 1. The van der Waals surface area contributed by atoms with Gasteiger partial charge < -0.3 is 15.2 Å². The van der Waals surface area contributed by atoms with Gasteiger partial charge in [-0.25, -0.2) is 4.79 Å². The van der Waals surface area contributed by atoms with Crippen LogP contribution < -0.4 is 5.32 Å². The van der Waals surface area contributed by atoms with Gasteiger partial charge in [-0.1, -0.05) is 90.1 Å². The fourth-order valence-corrected chi connectivity index (χ4v) is 4.50. The molecule has 156 valence electrons. The van der Waals surface area contributed by atoms with Crippen LogP contribution in [0.25, 0.3) is 11.1 Å². The van der Waals surface area contributed by atoms with Crippen LogP contribution in [-0.4, -0.2) is 30.0 Å². The van der Waals surface area contributed by atoms with Crippen LogP contribution in [0.4, 0.5) is 4.79 Å². The zero-order chi connectivity index (χ0) is 21.4. The fourth-order valence-electron chi connectivity index (χ4n) is 4.50. The van der Waals surface area contributed by atoms with E-state index in [1.807, 2.05) is 65.8 Å². The maximum absolute atomic E-state index is 12.5. The van der Waals surface area contributed by atoms with Crippen molar-refractivity contribution in [2.75, 3.05) is 13.2 Å². The minimum absolute atomic E-state index is 0.0252. The first-order chi connectivity index (χ1) is 13.5. The van der Waals surface area contributed by atoms with Crippen molar-refractivity contribution in [1.29, 1.82) is 0 Å². The minimum Gasteiger partial charge on any atom is -0.449 e. The molecule has 0 fully saturated rings. The third-order valence-corrected chi connectivity index (χ3v) is 6.31. The van der Waals surface area contributed by atoms with E-state index in [9.17, 15) is 9.90 Å². The van der Waals surface area contributed by atoms with Crippen LogP contribution in [0.15, 0.2) is 48.5 Å². The van der Waals surface area contributed by atoms with Gasteiger partial charge in [0.15, 0.2) is 0 Å². The van der Waals surface area contributed by atoms with Gasteiger partial charge in [0.25, 0.3) is 0 Å². The standard InChI is InChI=1S/C25H33NO3/c1-23(2,3)25(28,24(4,5)6)16-26-22(27)29-15-21-19-13-9-7-11-17(19)18-12-8-10-14-20(18)21/h7-14,21,28H,15-16H2,1-6H3,(H,26,27). The number of amides is 1. The lowest BCUT2D eigenvalue weighted by atomic mass is 9.62. The summed E-state index contributed by atoms with van der Waals surface area (Å²) in [5.74, 6) is 0.0252. The molecule has 1 amide bonds. The maximum Gasteiger partial charge on any atom is 0.407 e. The van der Waals surface area contributed by atoms with E-state index < -0.39 is 22.5 Å². The molecule has 0 unspecified atom stereocenters. The van der Waals surface area contributed by atoms with Crippen molar-refractivity contribution in [3.05, 3.63) is 59.7 Å². The van der Waals surface area contributed by atoms with Gasteiger partial charge in [0.05, 0.1) is 12.1 Å². The highest BCUT2D eigenvalue weighted by atomic mass is 16.5. The first kappa shape index (κ1) is 21.4. The predicted molar refractivity (Wildman–Crippen MR) is 117 cm³/mol. The zero-order valence-corrected chi connectivity index (χ0v) is 18.4. The molecule has 0 spiro atoms. The summed E-state index contributed by atoms with van der Waals surface area (Å²) in [5, 5.41) is 14.1. The van der Waals surface area contributed by atoms with Gasteiger partial charge in [0.2, 0.25) is 0 Å². The van der Waals surface area contributed by atoms with Gasteiger partial charge in [-0.2, -0.15) is 0 Å². The van der Waals surface area contributed by atoms with Crippen LogP contribution >= 0.6 is 0 Å². The molecule has 2 aromatic carbocycles. The number of fused-ring (bicyclic) bond motifs is 3. The van der Waals surface area contributed by atoms with Gasteiger partial charge in [0.1, 0.15) is 6.61 Å². The second kappa shape index (κ2) is 7.49. The normalized spacial score (nSPS) is 14.3. The van der Waals surface area contributed by atoms with E-state index in [2.05, 4.69) is 29.6 Å². The molecule has 1 aliphatic rings. The topological polar surface area (TPSA) is 58.6 Å². The summed E-state index contributed by atoms with van der Waals surface area (Å²) in [6, 6.07) is 16.5. The van der Waals surface area contributed by atoms with E-state index in [1.165, 1.54) is 22.3 Å². The molecule has 4 heteroatoms. The molecule has 0 saturated heterocycles. The van der Waals surface area contributed by atoms with Crippen LogP contribution in [0.3, 0.4) is 0 Å². The maximum atomic E-state index is 12.5. The lowest BCUT2D eigenvalue weighted by Gasteiger charge is -2.49. The van der Waals surface area contributed by atoms with Crippen molar-refractivity contribution < 1.29 is 14.6 Å². The van der Waals surface area contributed by atoms with Crippen LogP contribution in [0.2, 0.25) is 0 Å². The first-order valence-corrected chi connectivity index (χ1v) is 10.3. The minimum atomic E-state index is -1.08. The zero-order valence-electron chi connectivity index (χ0n) is 18.4. The number of hydrogen-bond donors (Lipinski definition) is 2. The molecule has 0 aliphatic heterocycles. The Balaban J connectivity index is 1.69. The number of carbonyl (C=O) groups is 1. The van der Waals surface area contributed by atoms with Crippen LogP contribution in [0.1, 0.15) is 58.6 Å². The Morgan fingerprint density at radius 3 is 1.79 bits per heavy atom. The summed E-state index contributed by atoms with van der Waals surface area (Å²) in [5.41, 5.74) is 2.89. The third-order valence-electron chi connectivity index (χ3n) is 6.31. The third kappa shape index (κ3) is 3.91. The number of ether oxygens (including phenoxy) is 1. The Morgan fingerprint density at radius 2 is 1.34 bits per heavy atom. The number of hydrogen-bond acceptors (Lipinski definition) is 3. The van der Waals surface area contributed by atoms with Crippen molar-refractivity contribution in [2.24, 2.45) is 10.8 Å². The van der Waals surface area contributed by atoms with Crippen LogP contribution in [0.5, 0.6) is 0 Å². The van der Waals surface area contributed by atoms with E-state index in [-0.39, 0.29) is 19.1 Å². The van der Waals surface area contributed by atoms with Gasteiger partial charge in [-0.3, -0.25) is 0 Å². The largest absolute Gasteiger partial charge is 0.449 e. The predicted octanol–water partition coefficient (Wildman–Crippen LogP) is 5.35. The Bertz CT molecular complexity index is 830. The summed E-state index contributed by atoms with van der Waals surface area (Å²) in [7, 11) is 0. The second-order valence-corrected chi connectivity index (χ2v) is 10.0. The molecular weight excluding hydrogens is 362 g/mol. The van der Waals surface area contributed by atoms with Crippen LogP contribution in [0, 0.1) is 10.8 Å². The SMILES string of the molecule is CC(C)(C)C(O)(CNC(=O)OCC1c2ccccc2-c2ccccc21)C(C)(C)C. The van der Waals surface area contributed by atoms with E-state index in [1.54, 1.807) is 0 Å². The number of nitrogens with one attached hydrogen (secondary N) is 1. The van der Waals surface area contributed by atoms with Crippen molar-refractivity contribution >= 4 is 6.09 Å². The molecule has 0 bridgehead atoms. The summed E-state index contributed by atoms with van der Waals surface area (Å²) >= 11 is 0. The van der Waals surface area contributed by atoms with Crippen LogP contribution in [-0.2, 0) is 4.74 Å². The Labute approximate surface area is 174 Å². The molecule has 0 aromatic heterocycles. The van der Waals surface area contributed by atoms with E-state index in [0.717, 1.165) is 0 Å². The van der Waals surface area contributed by atoms with Gasteiger partial charge in [-0.05, 0) is 33.1 Å². The second-order valence-electron chi connectivity index (χ2n) is 10.0. The molecule has 0 heterocycles. The summed E-state index contributed by atoms with van der Waals surface area (Å²) in [6.45, 7) is 12.3.